The van der Waals surface area contributed by atoms with Crippen LogP contribution in [-0.4, -0.2) is 66.0 Å². The fourth-order valence-corrected chi connectivity index (χ4v) is 6.08. The number of aryl methyl sites for hydroxylation is 1. The molecular formula is C29H31N9O. The van der Waals surface area contributed by atoms with E-state index in [0.717, 1.165) is 36.4 Å². The molecule has 0 amide bonds. The minimum Gasteiger partial charge on any atom is -0.366 e. The Morgan fingerprint density at radius 1 is 1.05 bits per heavy atom. The van der Waals surface area contributed by atoms with Crippen molar-refractivity contribution >= 4 is 39.4 Å². The number of allylic oxidation sites excluding steroid dienone is 1. The Hall–Kier alpha value is -4.44. The van der Waals surface area contributed by atoms with Crippen molar-refractivity contribution in [1.82, 2.24) is 33.8 Å². The molecule has 10 nitrogen and oxygen atoms in total. The first-order chi connectivity index (χ1) is 19.0. The molecule has 1 N–H and O–H groups in total. The minimum atomic E-state index is -0.181. The number of likely N-dealkylation sites (N-methyl/N-ethyl adjacent to an activating group) is 1. The van der Waals surface area contributed by atoms with Crippen LogP contribution in [0.4, 0.5) is 17.3 Å². The molecule has 2 atom stereocenters. The molecule has 6 heterocycles. The molecule has 10 heteroatoms. The average molecular weight is 522 g/mol. The first-order valence-corrected chi connectivity index (χ1v) is 13.4. The van der Waals surface area contributed by atoms with Crippen molar-refractivity contribution in [2.45, 2.75) is 38.5 Å². The zero-order chi connectivity index (χ0) is 26.7. The molecule has 2 aliphatic rings. The van der Waals surface area contributed by atoms with Gasteiger partial charge in [-0.25, -0.2) is 19.3 Å². The summed E-state index contributed by atoms with van der Waals surface area (Å²) in [5, 5.41) is 4.80. The molecule has 2 fully saturated rings. The maximum Gasteiger partial charge on any atom is 0.278 e. The molecule has 5 aromatic rings. The van der Waals surface area contributed by atoms with Crippen molar-refractivity contribution in [3.8, 4) is 5.82 Å². The molecule has 4 aromatic heterocycles. The van der Waals surface area contributed by atoms with Gasteiger partial charge in [-0.1, -0.05) is 6.08 Å². The van der Waals surface area contributed by atoms with Crippen LogP contribution in [0.15, 0.2) is 72.3 Å². The normalized spacial score (nSPS) is 19.0. The average Bonchev–Trinajstić information content (AvgIpc) is 3.71. The third kappa shape index (κ3) is 3.82. The van der Waals surface area contributed by atoms with Gasteiger partial charge in [0.1, 0.15) is 11.0 Å². The Labute approximate surface area is 225 Å². The molecule has 0 aliphatic carbocycles. The van der Waals surface area contributed by atoms with Crippen LogP contribution in [0.5, 0.6) is 0 Å². The van der Waals surface area contributed by atoms with Crippen molar-refractivity contribution in [3.63, 3.8) is 0 Å². The number of fused-ring (bicyclic) bond motifs is 4. The van der Waals surface area contributed by atoms with Gasteiger partial charge in [-0.3, -0.25) is 9.69 Å². The van der Waals surface area contributed by atoms with Crippen LogP contribution in [0.2, 0.25) is 0 Å². The van der Waals surface area contributed by atoms with Crippen LogP contribution in [0, 0.1) is 0 Å². The van der Waals surface area contributed by atoms with E-state index >= 15 is 0 Å². The van der Waals surface area contributed by atoms with Crippen molar-refractivity contribution in [3.05, 3.63) is 77.9 Å². The molecule has 0 saturated carbocycles. The topological polar surface area (TPSA) is 89.0 Å². The Kier molecular flexibility index (Phi) is 5.52. The van der Waals surface area contributed by atoms with Gasteiger partial charge in [-0.05, 0) is 62.9 Å². The summed E-state index contributed by atoms with van der Waals surface area (Å²) < 4.78 is 5.44. The van der Waals surface area contributed by atoms with Gasteiger partial charge in [0.15, 0.2) is 11.5 Å². The summed E-state index contributed by atoms with van der Waals surface area (Å²) in [6.07, 6.45) is 6.54. The number of benzene rings is 1. The van der Waals surface area contributed by atoms with Crippen molar-refractivity contribution < 1.29 is 0 Å². The Morgan fingerprint density at radius 2 is 1.90 bits per heavy atom. The lowest BCUT2D eigenvalue weighted by atomic mass is 10.2. The quantitative estimate of drug-likeness (QED) is 0.326. The number of hydrogen-bond donors (Lipinski definition) is 1. The van der Waals surface area contributed by atoms with Gasteiger partial charge in [0.05, 0.1) is 6.54 Å². The SMILES string of the molecule is C=CCn1c(=O)c2cnc(Nc3ccc(N4C[C@@H]5C[C@H]4CN5C)cc3)nc2n1-c1ccc2ccn(CC)c2n1. The Bertz CT molecular complexity index is 1760. The highest BCUT2D eigenvalue weighted by Crippen LogP contribution is 2.34. The monoisotopic (exact) mass is 521 g/mol. The van der Waals surface area contributed by atoms with E-state index in [2.05, 4.69) is 69.5 Å². The van der Waals surface area contributed by atoms with E-state index in [9.17, 15) is 4.79 Å². The van der Waals surface area contributed by atoms with E-state index in [1.807, 2.05) is 24.4 Å². The second kappa shape index (κ2) is 9.09. The summed E-state index contributed by atoms with van der Waals surface area (Å²) in [6, 6.07) is 15.6. The van der Waals surface area contributed by atoms with E-state index in [4.69, 9.17) is 9.97 Å². The van der Waals surface area contributed by atoms with E-state index in [1.165, 1.54) is 12.1 Å². The third-order valence-corrected chi connectivity index (χ3v) is 8.10. The van der Waals surface area contributed by atoms with Gasteiger partial charge < -0.3 is 14.8 Å². The summed E-state index contributed by atoms with van der Waals surface area (Å²) in [7, 11) is 2.22. The van der Waals surface area contributed by atoms with E-state index in [1.54, 1.807) is 21.6 Å². The van der Waals surface area contributed by atoms with Gasteiger partial charge in [0, 0.05) is 60.9 Å². The predicted octanol–water partition coefficient (Wildman–Crippen LogP) is 3.77. The zero-order valence-corrected chi connectivity index (χ0v) is 22.2. The summed E-state index contributed by atoms with van der Waals surface area (Å²) in [5.74, 6) is 1.03. The molecule has 39 heavy (non-hydrogen) atoms. The first-order valence-electron chi connectivity index (χ1n) is 13.4. The summed E-state index contributed by atoms with van der Waals surface area (Å²) in [6.45, 7) is 9.25. The van der Waals surface area contributed by atoms with Gasteiger partial charge in [-0.2, -0.15) is 4.98 Å². The molecule has 2 bridgehead atoms. The minimum absolute atomic E-state index is 0.181. The lowest BCUT2D eigenvalue weighted by Gasteiger charge is -2.33. The number of likely N-dealkylation sites (tertiary alicyclic amines) is 1. The lowest BCUT2D eigenvalue weighted by molar-refractivity contribution is 0.292. The second-order valence-corrected chi connectivity index (χ2v) is 10.4. The number of pyridine rings is 1. The fourth-order valence-electron chi connectivity index (χ4n) is 6.08. The number of aromatic nitrogens is 6. The van der Waals surface area contributed by atoms with Gasteiger partial charge in [0.25, 0.3) is 5.56 Å². The maximum atomic E-state index is 13.3. The van der Waals surface area contributed by atoms with Crippen LogP contribution in [0.3, 0.4) is 0 Å². The van der Waals surface area contributed by atoms with Gasteiger partial charge in [-0.15, -0.1) is 6.58 Å². The van der Waals surface area contributed by atoms with Crippen molar-refractivity contribution in [2.24, 2.45) is 0 Å². The van der Waals surface area contributed by atoms with Crippen molar-refractivity contribution in [2.75, 3.05) is 30.4 Å². The largest absolute Gasteiger partial charge is 0.366 e. The van der Waals surface area contributed by atoms with Crippen molar-refractivity contribution in [1.29, 1.82) is 0 Å². The molecule has 1 aromatic carbocycles. The highest BCUT2D eigenvalue weighted by atomic mass is 16.1. The number of nitrogens with one attached hydrogen (secondary N) is 1. The number of rotatable bonds is 7. The molecule has 198 valence electrons. The second-order valence-electron chi connectivity index (χ2n) is 10.4. The van der Waals surface area contributed by atoms with Crippen LogP contribution in [-0.2, 0) is 13.1 Å². The predicted molar refractivity (Wildman–Crippen MR) is 154 cm³/mol. The summed E-state index contributed by atoms with van der Waals surface area (Å²) >= 11 is 0. The molecule has 2 aliphatic heterocycles. The molecule has 2 saturated heterocycles. The van der Waals surface area contributed by atoms with E-state index < -0.39 is 0 Å². The summed E-state index contributed by atoms with van der Waals surface area (Å²) in [4.78, 5) is 32.4. The number of anilines is 3. The van der Waals surface area contributed by atoms with E-state index in [-0.39, 0.29) is 5.56 Å². The molecule has 0 radical (unpaired) electrons. The highest BCUT2D eigenvalue weighted by Gasteiger charge is 2.41. The fraction of sp³-hybridized carbons (Fsp3) is 0.310. The Morgan fingerprint density at radius 3 is 2.62 bits per heavy atom. The molecule has 0 unspecified atom stereocenters. The first kappa shape index (κ1) is 23.7. The van der Waals surface area contributed by atoms with Crippen LogP contribution in [0.1, 0.15) is 13.3 Å². The van der Waals surface area contributed by atoms with Gasteiger partial charge in [0.2, 0.25) is 5.95 Å². The van der Waals surface area contributed by atoms with Crippen LogP contribution < -0.4 is 15.8 Å². The number of hydrogen-bond acceptors (Lipinski definition) is 7. The van der Waals surface area contributed by atoms with Crippen LogP contribution >= 0.6 is 0 Å². The third-order valence-electron chi connectivity index (χ3n) is 8.10. The smallest absolute Gasteiger partial charge is 0.278 e. The number of piperazine rings is 1. The molecule has 0 spiro atoms. The highest BCUT2D eigenvalue weighted by molar-refractivity contribution is 5.80. The maximum absolute atomic E-state index is 13.3. The van der Waals surface area contributed by atoms with Gasteiger partial charge >= 0.3 is 0 Å². The lowest BCUT2D eigenvalue weighted by Crippen LogP contribution is -2.44. The molecule has 7 rings (SSSR count). The van der Waals surface area contributed by atoms with E-state index in [0.29, 0.717) is 41.4 Å². The zero-order valence-electron chi connectivity index (χ0n) is 22.2. The number of nitrogens with zero attached hydrogens (tertiary/aromatic N) is 8. The summed E-state index contributed by atoms with van der Waals surface area (Å²) in [5.41, 5.74) is 3.30. The van der Waals surface area contributed by atoms with Crippen LogP contribution in [0.25, 0.3) is 27.9 Å². The molecular weight excluding hydrogens is 490 g/mol. The standard InChI is InChI=1S/C29H31N9O/c1-4-13-37-28(39)24-16-30-29(31-20-7-9-21(10-8-20)36-18-22-15-23(36)17-34(22)3)33-27(24)38(37)25-11-6-19-12-14-35(5-2)26(19)32-25/h4,6-12,14,16,22-23H,1,5,13,15,17-18H2,2-3H3,(H,30,31,33)/t22-,23-/m0/s1. The Balaban J connectivity index is 1.24.